The number of fused-ring (bicyclic) bond motifs is 1. The van der Waals surface area contributed by atoms with Crippen LogP contribution in [0.1, 0.15) is 31.4 Å². The van der Waals surface area contributed by atoms with Crippen LogP contribution in [0.2, 0.25) is 0 Å². The summed E-state index contributed by atoms with van der Waals surface area (Å²) in [6.45, 7) is 7.84. The molecule has 0 unspecified atom stereocenters. The lowest BCUT2D eigenvalue weighted by molar-refractivity contribution is 0.206. The Hall–Kier alpha value is -3.61. The number of ether oxygens (including phenoxy) is 2. The topological polar surface area (TPSA) is 85.7 Å². The number of hydrogen-bond donors (Lipinski definition) is 1. The normalized spacial score (nSPS) is 12.2. The molecule has 0 aliphatic heterocycles. The minimum absolute atomic E-state index is 0.0247. The number of methoxy groups -OCH3 is 1. The van der Waals surface area contributed by atoms with Gasteiger partial charge in [-0.1, -0.05) is 25.1 Å². The van der Waals surface area contributed by atoms with Gasteiger partial charge < -0.3 is 14.5 Å². The summed E-state index contributed by atoms with van der Waals surface area (Å²) in [5.74, 6) is 1.21. The van der Waals surface area contributed by atoms with Crippen LogP contribution < -0.4 is 20.7 Å². The lowest BCUT2D eigenvalue weighted by atomic mass is 10.1. The zero-order valence-electron chi connectivity index (χ0n) is 17.3. The standard InChI is InChI=1S/C23H25N3O4/c1-5-9-17-12-16(13-20(29-4)21(17)30-15(3)6-2)14-24-26-22(27)18-10-7-8-11-19(18)25-23(26)28/h5,7-8,10-15H,1,6,9H2,2-4H3,(H,25,28)/t15-/m1/s1. The van der Waals surface area contributed by atoms with Crippen molar-refractivity contribution in [1.82, 2.24) is 9.66 Å². The second kappa shape index (κ2) is 9.26. The van der Waals surface area contributed by atoms with Crippen LogP contribution in [-0.4, -0.2) is 29.1 Å². The summed E-state index contributed by atoms with van der Waals surface area (Å²) in [6, 6.07) is 10.4. The molecule has 1 heterocycles. The molecular weight excluding hydrogens is 382 g/mol. The maximum atomic E-state index is 12.6. The first-order valence-corrected chi connectivity index (χ1v) is 9.75. The third-order valence-corrected chi connectivity index (χ3v) is 4.74. The van der Waals surface area contributed by atoms with Gasteiger partial charge >= 0.3 is 5.69 Å². The van der Waals surface area contributed by atoms with Gasteiger partial charge in [0.15, 0.2) is 11.5 Å². The van der Waals surface area contributed by atoms with Crippen molar-refractivity contribution in [3.63, 3.8) is 0 Å². The minimum Gasteiger partial charge on any atom is -0.493 e. The zero-order chi connectivity index (χ0) is 21.7. The molecule has 0 amide bonds. The quantitative estimate of drug-likeness (QED) is 0.458. The van der Waals surface area contributed by atoms with Gasteiger partial charge in [-0.25, -0.2) is 4.79 Å². The van der Waals surface area contributed by atoms with E-state index in [9.17, 15) is 9.59 Å². The summed E-state index contributed by atoms with van der Waals surface area (Å²) >= 11 is 0. The molecule has 0 radical (unpaired) electrons. The van der Waals surface area contributed by atoms with E-state index in [1.54, 1.807) is 43.5 Å². The van der Waals surface area contributed by atoms with Crippen molar-refractivity contribution < 1.29 is 9.47 Å². The van der Waals surface area contributed by atoms with Crippen molar-refractivity contribution in [3.05, 3.63) is 81.0 Å². The van der Waals surface area contributed by atoms with Crippen LogP contribution in [0.5, 0.6) is 11.5 Å². The van der Waals surface area contributed by atoms with E-state index in [0.717, 1.165) is 16.7 Å². The maximum Gasteiger partial charge on any atom is 0.349 e. The fourth-order valence-corrected chi connectivity index (χ4v) is 3.02. The predicted octanol–water partition coefficient (Wildman–Crippen LogP) is 3.49. The Morgan fingerprint density at radius 3 is 2.73 bits per heavy atom. The molecule has 1 atom stereocenters. The summed E-state index contributed by atoms with van der Waals surface area (Å²) in [5, 5.41) is 4.51. The van der Waals surface area contributed by atoms with Gasteiger partial charge in [0.25, 0.3) is 5.56 Å². The van der Waals surface area contributed by atoms with Crippen molar-refractivity contribution in [2.75, 3.05) is 7.11 Å². The molecule has 0 saturated heterocycles. The molecule has 3 aromatic rings. The minimum atomic E-state index is -0.607. The van der Waals surface area contributed by atoms with Gasteiger partial charge in [0.05, 0.1) is 30.3 Å². The van der Waals surface area contributed by atoms with Crippen LogP contribution in [0.4, 0.5) is 0 Å². The van der Waals surface area contributed by atoms with E-state index in [-0.39, 0.29) is 6.10 Å². The van der Waals surface area contributed by atoms with Gasteiger partial charge in [0, 0.05) is 5.56 Å². The number of allylic oxidation sites excluding steroid dienone is 1. The first-order valence-electron chi connectivity index (χ1n) is 9.75. The Morgan fingerprint density at radius 1 is 1.27 bits per heavy atom. The molecule has 0 aliphatic carbocycles. The number of rotatable bonds is 8. The van der Waals surface area contributed by atoms with E-state index in [0.29, 0.717) is 34.4 Å². The molecule has 0 fully saturated rings. The number of hydrogen-bond acceptors (Lipinski definition) is 5. The van der Waals surface area contributed by atoms with Gasteiger partial charge in [0.1, 0.15) is 0 Å². The van der Waals surface area contributed by atoms with Crippen LogP contribution >= 0.6 is 0 Å². The van der Waals surface area contributed by atoms with E-state index >= 15 is 0 Å². The lowest BCUT2D eigenvalue weighted by Gasteiger charge is -2.19. The Bertz CT molecular complexity index is 1210. The number of benzene rings is 2. The van der Waals surface area contributed by atoms with Crippen LogP contribution in [0.3, 0.4) is 0 Å². The van der Waals surface area contributed by atoms with E-state index in [4.69, 9.17) is 9.47 Å². The Morgan fingerprint density at radius 2 is 2.03 bits per heavy atom. The van der Waals surface area contributed by atoms with Crippen molar-refractivity contribution in [2.45, 2.75) is 32.8 Å². The maximum absolute atomic E-state index is 12.6. The fraction of sp³-hybridized carbons (Fsp3) is 0.261. The van der Waals surface area contributed by atoms with Gasteiger partial charge in [-0.2, -0.15) is 5.10 Å². The monoisotopic (exact) mass is 407 g/mol. The average molecular weight is 407 g/mol. The highest BCUT2D eigenvalue weighted by Crippen LogP contribution is 2.34. The highest BCUT2D eigenvalue weighted by Gasteiger charge is 2.15. The largest absolute Gasteiger partial charge is 0.493 e. The molecule has 30 heavy (non-hydrogen) atoms. The molecule has 156 valence electrons. The summed E-state index contributed by atoms with van der Waals surface area (Å²) in [4.78, 5) is 27.6. The van der Waals surface area contributed by atoms with E-state index < -0.39 is 11.2 Å². The number of para-hydroxylation sites is 1. The van der Waals surface area contributed by atoms with Crippen molar-refractivity contribution >= 4 is 17.1 Å². The Kier molecular flexibility index (Phi) is 6.51. The van der Waals surface area contributed by atoms with Gasteiger partial charge in [0.2, 0.25) is 0 Å². The number of aromatic nitrogens is 2. The number of aromatic amines is 1. The summed E-state index contributed by atoms with van der Waals surface area (Å²) in [5.41, 5.74) is 0.927. The molecule has 1 N–H and O–H groups in total. The summed E-state index contributed by atoms with van der Waals surface area (Å²) in [6.07, 6.45) is 4.68. The van der Waals surface area contributed by atoms with Crippen LogP contribution in [0, 0.1) is 0 Å². The van der Waals surface area contributed by atoms with E-state index in [1.807, 2.05) is 19.9 Å². The lowest BCUT2D eigenvalue weighted by Crippen LogP contribution is -2.32. The molecular formula is C23H25N3O4. The van der Waals surface area contributed by atoms with E-state index in [1.165, 1.54) is 6.21 Å². The molecule has 0 spiro atoms. The average Bonchev–Trinajstić information content (AvgIpc) is 2.75. The smallest absolute Gasteiger partial charge is 0.349 e. The van der Waals surface area contributed by atoms with Crippen LogP contribution in [0.25, 0.3) is 10.9 Å². The Balaban J connectivity index is 2.06. The second-order valence-corrected chi connectivity index (χ2v) is 6.88. The molecule has 2 aromatic carbocycles. The number of nitrogens with one attached hydrogen (secondary N) is 1. The molecule has 0 aliphatic rings. The van der Waals surface area contributed by atoms with Gasteiger partial charge in [-0.3, -0.25) is 4.79 Å². The van der Waals surface area contributed by atoms with Crippen molar-refractivity contribution in [3.8, 4) is 11.5 Å². The summed E-state index contributed by atoms with van der Waals surface area (Å²) < 4.78 is 12.4. The second-order valence-electron chi connectivity index (χ2n) is 6.88. The van der Waals surface area contributed by atoms with Gasteiger partial charge in [-0.05, 0) is 49.6 Å². The fourth-order valence-electron chi connectivity index (χ4n) is 3.02. The first kappa shape index (κ1) is 21.1. The zero-order valence-corrected chi connectivity index (χ0v) is 17.3. The first-order chi connectivity index (χ1) is 14.5. The SMILES string of the molecule is C=CCc1cc(C=Nn2c(=O)[nH]c3ccccc3c2=O)cc(OC)c1O[C@H](C)CC. The molecule has 0 bridgehead atoms. The van der Waals surface area contributed by atoms with Crippen molar-refractivity contribution in [1.29, 1.82) is 0 Å². The predicted molar refractivity (Wildman–Crippen MR) is 119 cm³/mol. The number of nitrogens with zero attached hydrogens (tertiary/aromatic N) is 2. The van der Waals surface area contributed by atoms with Crippen LogP contribution in [-0.2, 0) is 6.42 Å². The Labute approximate surface area is 174 Å². The van der Waals surface area contributed by atoms with E-state index in [2.05, 4.69) is 16.7 Å². The third kappa shape index (κ3) is 4.35. The summed E-state index contributed by atoms with van der Waals surface area (Å²) in [7, 11) is 1.57. The molecule has 0 saturated carbocycles. The van der Waals surface area contributed by atoms with Gasteiger partial charge in [-0.15, -0.1) is 11.3 Å². The number of H-pyrrole nitrogens is 1. The van der Waals surface area contributed by atoms with Crippen molar-refractivity contribution in [2.24, 2.45) is 5.10 Å². The molecule has 1 aromatic heterocycles. The molecule has 7 heteroatoms. The third-order valence-electron chi connectivity index (χ3n) is 4.74. The van der Waals surface area contributed by atoms with Crippen LogP contribution in [0.15, 0.2) is 63.7 Å². The highest BCUT2D eigenvalue weighted by molar-refractivity contribution is 5.82. The molecule has 7 nitrogen and oxygen atoms in total. The molecule has 3 rings (SSSR count). The highest BCUT2D eigenvalue weighted by atomic mass is 16.5.